The molecule has 0 aliphatic carbocycles. The van der Waals surface area contributed by atoms with Gasteiger partial charge in [-0.25, -0.2) is 8.42 Å². The zero-order valence-corrected chi connectivity index (χ0v) is 14.1. The fraction of sp³-hybridized carbons (Fsp3) is 0.786. The highest BCUT2D eigenvalue weighted by atomic mass is 32.2. The van der Waals surface area contributed by atoms with Gasteiger partial charge in [0.1, 0.15) is 5.25 Å². The second-order valence-electron chi connectivity index (χ2n) is 5.80. The minimum Gasteiger partial charge on any atom is -0.341 e. The Kier molecular flexibility index (Phi) is 5.20. The molecular formula is C14H23N3O4S. The molecule has 2 heterocycles. The van der Waals surface area contributed by atoms with Crippen molar-refractivity contribution in [3.8, 4) is 0 Å². The van der Waals surface area contributed by atoms with Crippen LogP contribution in [0, 0.1) is 6.92 Å². The molecule has 2 rings (SSSR count). The van der Waals surface area contributed by atoms with Crippen LogP contribution in [0.2, 0.25) is 0 Å². The number of likely N-dealkylation sites (tertiary alicyclic amines) is 1. The molecule has 0 spiro atoms. The number of nitrogens with zero attached hydrogens (tertiary/aromatic N) is 3. The van der Waals surface area contributed by atoms with Crippen molar-refractivity contribution in [3.63, 3.8) is 0 Å². The predicted molar refractivity (Wildman–Crippen MR) is 81.1 cm³/mol. The van der Waals surface area contributed by atoms with Crippen LogP contribution in [0.3, 0.4) is 0 Å². The zero-order chi connectivity index (χ0) is 16.3. The summed E-state index contributed by atoms with van der Waals surface area (Å²) < 4.78 is 29.2. The van der Waals surface area contributed by atoms with Crippen molar-refractivity contribution in [2.24, 2.45) is 0 Å². The average molecular weight is 329 g/mol. The lowest BCUT2D eigenvalue weighted by Crippen LogP contribution is -2.46. The quantitative estimate of drug-likeness (QED) is 0.808. The number of amides is 1. The maximum atomic E-state index is 12.5. The number of aryl methyl sites for hydroxylation is 1. The van der Waals surface area contributed by atoms with E-state index in [1.54, 1.807) is 18.7 Å². The summed E-state index contributed by atoms with van der Waals surface area (Å²) in [6, 6.07) is 0. The topological polar surface area (TPSA) is 93.4 Å². The van der Waals surface area contributed by atoms with Crippen molar-refractivity contribution in [1.29, 1.82) is 0 Å². The Bertz CT molecular complexity index is 626. The van der Waals surface area contributed by atoms with Crippen LogP contribution in [0.4, 0.5) is 0 Å². The van der Waals surface area contributed by atoms with Gasteiger partial charge in [0, 0.05) is 25.9 Å². The number of hydrogen-bond donors (Lipinski definition) is 0. The van der Waals surface area contributed by atoms with E-state index in [0.717, 1.165) is 12.8 Å². The highest BCUT2D eigenvalue weighted by Gasteiger charge is 2.34. The van der Waals surface area contributed by atoms with Gasteiger partial charge in [0.15, 0.2) is 15.7 Å². The molecule has 0 radical (unpaired) electrons. The summed E-state index contributed by atoms with van der Waals surface area (Å²) >= 11 is 0. The molecular weight excluding hydrogens is 306 g/mol. The highest BCUT2D eigenvalue weighted by molar-refractivity contribution is 7.92. The van der Waals surface area contributed by atoms with Crippen molar-refractivity contribution in [1.82, 2.24) is 15.0 Å². The Morgan fingerprint density at radius 1 is 1.50 bits per heavy atom. The monoisotopic (exact) mass is 329 g/mol. The number of piperidine rings is 1. The molecule has 0 N–H and O–H groups in total. The number of aromatic nitrogens is 2. The molecule has 1 aliphatic heterocycles. The minimum absolute atomic E-state index is 0.0104. The van der Waals surface area contributed by atoms with E-state index in [1.807, 2.05) is 0 Å². The van der Waals surface area contributed by atoms with Gasteiger partial charge in [-0.1, -0.05) is 12.1 Å². The van der Waals surface area contributed by atoms with E-state index >= 15 is 0 Å². The predicted octanol–water partition coefficient (Wildman–Crippen LogP) is 1.30. The molecule has 8 heteroatoms. The number of rotatable bonds is 5. The largest absolute Gasteiger partial charge is 0.341 e. The Morgan fingerprint density at radius 3 is 2.82 bits per heavy atom. The van der Waals surface area contributed by atoms with Crippen LogP contribution >= 0.6 is 0 Å². The van der Waals surface area contributed by atoms with Crippen LogP contribution in [-0.4, -0.2) is 53.5 Å². The van der Waals surface area contributed by atoms with Crippen molar-refractivity contribution in [3.05, 3.63) is 11.7 Å². The molecule has 2 atom stereocenters. The molecule has 7 nitrogen and oxygen atoms in total. The van der Waals surface area contributed by atoms with Crippen molar-refractivity contribution < 1.29 is 17.7 Å². The maximum Gasteiger partial charge on any atom is 0.240 e. The van der Waals surface area contributed by atoms with Crippen LogP contribution < -0.4 is 0 Å². The normalized spacial score (nSPS) is 20.9. The second kappa shape index (κ2) is 6.76. The van der Waals surface area contributed by atoms with E-state index in [9.17, 15) is 13.2 Å². The number of hydrogen-bond acceptors (Lipinski definition) is 6. The summed E-state index contributed by atoms with van der Waals surface area (Å²) in [6.07, 6.45) is 2.20. The van der Waals surface area contributed by atoms with Gasteiger partial charge in [-0.2, -0.15) is 4.98 Å². The molecule has 22 heavy (non-hydrogen) atoms. The van der Waals surface area contributed by atoms with Crippen LogP contribution in [0.25, 0.3) is 0 Å². The standard InChI is InChI=1S/C14H23N3O4S/c1-4-8-22(19,20)10(2)14(18)17-7-5-6-12(9-17)13-15-11(3)21-16-13/h10,12H,4-9H2,1-3H3/t10-,12+/m1/s1. The lowest BCUT2D eigenvalue weighted by molar-refractivity contribution is -0.131. The van der Waals surface area contributed by atoms with Gasteiger partial charge in [-0.15, -0.1) is 0 Å². The summed E-state index contributed by atoms with van der Waals surface area (Å²) in [5, 5.41) is 2.93. The molecule has 0 unspecified atom stereocenters. The second-order valence-corrected chi connectivity index (χ2v) is 8.25. The smallest absolute Gasteiger partial charge is 0.240 e. The van der Waals surface area contributed by atoms with Gasteiger partial charge in [-0.3, -0.25) is 4.79 Å². The van der Waals surface area contributed by atoms with Crippen molar-refractivity contribution >= 4 is 15.7 Å². The SMILES string of the molecule is CCCS(=O)(=O)[C@H](C)C(=O)N1CCC[C@H](c2noc(C)n2)C1. The summed E-state index contributed by atoms with van der Waals surface area (Å²) in [6.45, 7) is 6.03. The van der Waals surface area contributed by atoms with E-state index in [-0.39, 0.29) is 17.6 Å². The van der Waals surface area contributed by atoms with Crippen molar-refractivity contribution in [2.45, 2.75) is 51.2 Å². The Morgan fingerprint density at radius 2 is 2.23 bits per heavy atom. The van der Waals surface area contributed by atoms with E-state index in [0.29, 0.717) is 31.2 Å². The van der Waals surface area contributed by atoms with Crippen LogP contribution in [0.5, 0.6) is 0 Å². The Hall–Kier alpha value is -1.44. The maximum absolute atomic E-state index is 12.5. The molecule has 124 valence electrons. The summed E-state index contributed by atoms with van der Waals surface area (Å²) in [5.74, 6) is 0.826. The number of sulfone groups is 1. The third-order valence-electron chi connectivity index (χ3n) is 4.02. The molecule has 1 aliphatic rings. The van der Waals surface area contributed by atoms with E-state index in [4.69, 9.17) is 4.52 Å². The molecule has 1 aromatic rings. The van der Waals surface area contributed by atoms with Crippen LogP contribution in [0.15, 0.2) is 4.52 Å². The zero-order valence-electron chi connectivity index (χ0n) is 13.3. The average Bonchev–Trinajstić information content (AvgIpc) is 2.92. The fourth-order valence-corrected chi connectivity index (χ4v) is 4.12. The molecule has 0 saturated carbocycles. The minimum atomic E-state index is -3.38. The summed E-state index contributed by atoms with van der Waals surface area (Å²) in [5.41, 5.74) is 0. The lowest BCUT2D eigenvalue weighted by Gasteiger charge is -2.32. The van der Waals surface area contributed by atoms with Gasteiger partial charge in [-0.05, 0) is 26.2 Å². The van der Waals surface area contributed by atoms with Crippen LogP contribution in [0.1, 0.15) is 50.7 Å². The van der Waals surface area contributed by atoms with E-state index in [1.165, 1.54) is 6.92 Å². The van der Waals surface area contributed by atoms with Crippen molar-refractivity contribution in [2.75, 3.05) is 18.8 Å². The van der Waals surface area contributed by atoms with Gasteiger partial charge in [0.25, 0.3) is 0 Å². The summed E-state index contributed by atoms with van der Waals surface area (Å²) in [7, 11) is -3.38. The number of carbonyl (C=O) groups is 1. The highest BCUT2D eigenvalue weighted by Crippen LogP contribution is 2.25. The molecule has 1 amide bonds. The number of carbonyl (C=O) groups excluding carboxylic acids is 1. The first-order chi connectivity index (χ1) is 10.3. The van der Waals surface area contributed by atoms with E-state index in [2.05, 4.69) is 10.1 Å². The Labute approximate surface area is 131 Å². The fourth-order valence-electron chi connectivity index (χ4n) is 2.74. The van der Waals surface area contributed by atoms with Gasteiger partial charge < -0.3 is 9.42 Å². The summed E-state index contributed by atoms with van der Waals surface area (Å²) in [4.78, 5) is 18.3. The molecule has 0 aromatic carbocycles. The molecule has 1 aromatic heterocycles. The first-order valence-electron chi connectivity index (χ1n) is 7.65. The third kappa shape index (κ3) is 3.66. The molecule has 1 saturated heterocycles. The first kappa shape index (κ1) is 16.9. The van der Waals surface area contributed by atoms with E-state index < -0.39 is 15.1 Å². The molecule has 1 fully saturated rings. The Balaban J connectivity index is 2.07. The van der Waals surface area contributed by atoms with Gasteiger partial charge in [0.2, 0.25) is 11.8 Å². The van der Waals surface area contributed by atoms with Gasteiger partial charge in [0.05, 0.1) is 5.75 Å². The lowest BCUT2D eigenvalue weighted by atomic mass is 9.97. The van der Waals surface area contributed by atoms with Crippen LogP contribution in [-0.2, 0) is 14.6 Å². The first-order valence-corrected chi connectivity index (χ1v) is 9.37. The third-order valence-corrected chi connectivity index (χ3v) is 6.27. The molecule has 0 bridgehead atoms. The van der Waals surface area contributed by atoms with Gasteiger partial charge >= 0.3 is 0 Å².